The number of H-pyrrole nitrogens is 1. The molecule has 2 aromatic carbocycles. The largest absolute Gasteiger partial charge is 0.333 e. The average molecular weight is 366 g/mol. The number of anilines is 1. The number of hydrogen-bond donors (Lipinski definition) is 2. The minimum absolute atomic E-state index is 0.153. The number of aromatic amines is 1. The predicted octanol–water partition coefficient (Wildman–Crippen LogP) is 4.99. The summed E-state index contributed by atoms with van der Waals surface area (Å²) >= 11 is 13.3. The van der Waals surface area contributed by atoms with Gasteiger partial charge in [-0.3, -0.25) is 4.79 Å². The van der Waals surface area contributed by atoms with E-state index in [0.29, 0.717) is 20.9 Å². The smallest absolute Gasteiger partial charge is 0.237 e. The van der Waals surface area contributed by atoms with Gasteiger partial charge in [0.1, 0.15) is 0 Å². The van der Waals surface area contributed by atoms with Gasteiger partial charge in [-0.1, -0.05) is 47.1 Å². The van der Waals surface area contributed by atoms with Crippen LogP contribution in [-0.2, 0) is 4.79 Å². The lowest BCUT2D eigenvalue weighted by molar-refractivity contribution is -0.115. The van der Waals surface area contributed by atoms with Crippen LogP contribution in [0.3, 0.4) is 0 Å². The molecule has 0 bridgehead atoms. The van der Waals surface area contributed by atoms with Gasteiger partial charge in [0.05, 0.1) is 27.0 Å². The van der Waals surface area contributed by atoms with Crippen LogP contribution in [0.2, 0.25) is 10.0 Å². The zero-order valence-corrected chi connectivity index (χ0v) is 14.5. The normalized spacial score (nSPS) is 12.3. The number of thioether (sulfide) groups is 1. The number of aromatic nitrogens is 2. The Morgan fingerprint density at radius 1 is 1.26 bits per heavy atom. The van der Waals surface area contributed by atoms with Gasteiger partial charge in [0.25, 0.3) is 0 Å². The summed E-state index contributed by atoms with van der Waals surface area (Å²) in [6, 6.07) is 12.7. The molecule has 3 aromatic rings. The van der Waals surface area contributed by atoms with E-state index < -0.39 is 0 Å². The van der Waals surface area contributed by atoms with E-state index in [1.165, 1.54) is 11.8 Å². The summed E-state index contributed by atoms with van der Waals surface area (Å²) < 4.78 is 0. The minimum atomic E-state index is -0.331. The number of carbonyl (C=O) groups excluding carboxylic acids is 1. The first-order valence-corrected chi connectivity index (χ1v) is 8.54. The number of nitrogens with zero attached hydrogens (tertiary/aromatic N) is 1. The Morgan fingerprint density at radius 2 is 2.04 bits per heavy atom. The lowest BCUT2D eigenvalue weighted by Crippen LogP contribution is -2.22. The van der Waals surface area contributed by atoms with Crippen molar-refractivity contribution in [3.63, 3.8) is 0 Å². The number of nitrogens with one attached hydrogen (secondary N) is 2. The van der Waals surface area contributed by atoms with Crippen LogP contribution >= 0.6 is 35.0 Å². The number of para-hydroxylation sites is 2. The van der Waals surface area contributed by atoms with E-state index in [1.54, 1.807) is 18.2 Å². The van der Waals surface area contributed by atoms with Crippen LogP contribution in [0.5, 0.6) is 0 Å². The van der Waals surface area contributed by atoms with E-state index in [0.717, 1.165) is 11.0 Å². The first-order chi connectivity index (χ1) is 11.0. The molecule has 118 valence electrons. The summed E-state index contributed by atoms with van der Waals surface area (Å²) in [6.07, 6.45) is 0. The number of halogens is 2. The van der Waals surface area contributed by atoms with Crippen molar-refractivity contribution in [2.24, 2.45) is 0 Å². The molecule has 0 aliphatic rings. The maximum absolute atomic E-state index is 12.3. The number of carbonyl (C=O) groups is 1. The first kappa shape index (κ1) is 16.2. The van der Waals surface area contributed by atoms with Crippen LogP contribution in [0.15, 0.2) is 47.6 Å². The molecule has 2 N–H and O–H groups in total. The predicted molar refractivity (Wildman–Crippen MR) is 96.5 cm³/mol. The third-order valence-corrected chi connectivity index (χ3v) is 4.75. The lowest BCUT2D eigenvalue weighted by Gasteiger charge is -2.11. The number of benzene rings is 2. The quantitative estimate of drug-likeness (QED) is 0.640. The van der Waals surface area contributed by atoms with Crippen LogP contribution in [0, 0.1) is 0 Å². The van der Waals surface area contributed by atoms with Gasteiger partial charge < -0.3 is 10.3 Å². The molecule has 0 aliphatic carbocycles. The zero-order valence-electron chi connectivity index (χ0n) is 12.1. The highest BCUT2D eigenvalue weighted by atomic mass is 35.5. The van der Waals surface area contributed by atoms with Gasteiger partial charge in [-0.05, 0) is 37.3 Å². The van der Waals surface area contributed by atoms with Crippen molar-refractivity contribution in [3.8, 4) is 0 Å². The monoisotopic (exact) mass is 365 g/mol. The molecule has 0 spiro atoms. The van der Waals surface area contributed by atoms with E-state index in [1.807, 2.05) is 31.2 Å². The summed E-state index contributed by atoms with van der Waals surface area (Å²) in [6.45, 7) is 1.82. The molecule has 1 aromatic heterocycles. The van der Waals surface area contributed by atoms with Crippen LogP contribution in [0.25, 0.3) is 11.0 Å². The number of hydrogen-bond acceptors (Lipinski definition) is 3. The van der Waals surface area contributed by atoms with Crippen molar-refractivity contribution >= 4 is 57.6 Å². The maximum Gasteiger partial charge on any atom is 0.237 e. The molecule has 1 amide bonds. The fraction of sp³-hybridized carbons (Fsp3) is 0.125. The van der Waals surface area contributed by atoms with Gasteiger partial charge in [0.15, 0.2) is 5.16 Å². The number of rotatable bonds is 4. The van der Waals surface area contributed by atoms with Gasteiger partial charge in [0, 0.05) is 5.02 Å². The Kier molecular flexibility index (Phi) is 4.80. The Bertz CT molecular complexity index is 832. The highest BCUT2D eigenvalue weighted by Gasteiger charge is 2.17. The molecule has 23 heavy (non-hydrogen) atoms. The van der Waals surface area contributed by atoms with Crippen LogP contribution < -0.4 is 5.32 Å². The van der Waals surface area contributed by atoms with Gasteiger partial charge in [0.2, 0.25) is 5.91 Å². The van der Waals surface area contributed by atoms with Crippen LogP contribution in [0.1, 0.15) is 6.92 Å². The van der Waals surface area contributed by atoms with Gasteiger partial charge >= 0.3 is 0 Å². The van der Waals surface area contributed by atoms with E-state index in [9.17, 15) is 4.79 Å². The Balaban J connectivity index is 1.69. The zero-order chi connectivity index (χ0) is 16.4. The van der Waals surface area contributed by atoms with Crippen molar-refractivity contribution in [1.82, 2.24) is 9.97 Å². The number of imidazole rings is 1. The molecule has 0 saturated carbocycles. The topological polar surface area (TPSA) is 57.8 Å². The molecule has 7 heteroatoms. The summed E-state index contributed by atoms with van der Waals surface area (Å²) in [5.74, 6) is -0.153. The molecule has 0 aliphatic heterocycles. The number of amides is 1. The van der Waals surface area contributed by atoms with Gasteiger partial charge in [-0.15, -0.1) is 0 Å². The third kappa shape index (κ3) is 3.80. The molecule has 1 heterocycles. The Labute approximate surface area is 147 Å². The van der Waals surface area contributed by atoms with Crippen LogP contribution in [-0.4, -0.2) is 21.1 Å². The fourth-order valence-electron chi connectivity index (χ4n) is 2.03. The SMILES string of the molecule is CC(Sc1nc2ccccc2[nH]1)C(=O)Nc1ccc(Cl)cc1Cl. The van der Waals surface area contributed by atoms with Crippen molar-refractivity contribution in [2.75, 3.05) is 5.32 Å². The molecule has 0 saturated heterocycles. The number of fused-ring (bicyclic) bond motifs is 1. The van der Waals surface area contributed by atoms with E-state index in [2.05, 4.69) is 15.3 Å². The highest BCUT2D eigenvalue weighted by molar-refractivity contribution is 8.00. The van der Waals surface area contributed by atoms with Crippen molar-refractivity contribution in [3.05, 3.63) is 52.5 Å². The molecule has 0 radical (unpaired) electrons. The Hall–Kier alpha value is -1.69. The first-order valence-electron chi connectivity index (χ1n) is 6.90. The second kappa shape index (κ2) is 6.83. The standard InChI is InChI=1S/C16H13Cl2N3OS/c1-9(15(22)19-12-7-6-10(17)8-11(12)18)23-16-20-13-4-2-3-5-14(13)21-16/h2-9H,1H3,(H,19,22)(H,20,21). The van der Waals surface area contributed by atoms with Gasteiger partial charge in [-0.2, -0.15) is 0 Å². The van der Waals surface area contributed by atoms with Gasteiger partial charge in [-0.25, -0.2) is 4.98 Å². The molecule has 0 fully saturated rings. The van der Waals surface area contributed by atoms with E-state index in [-0.39, 0.29) is 11.2 Å². The fourth-order valence-corrected chi connectivity index (χ4v) is 3.31. The lowest BCUT2D eigenvalue weighted by atomic mass is 10.3. The Morgan fingerprint density at radius 3 is 2.78 bits per heavy atom. The second-order valence-electron chi connectivity index (χ2n) is 4.93. The average Bonchev–Trinajstić information content (AvgIpc) is 2.92. The second-order valence-corrected chi connectivity index (χ2v) is 7.11. The third-order valence-electron chi connectivity index (χ3n) is 3.21. The highest BCUT2D eigenvalue weighted by Crippen LogP contribution is 2.28. The summed E-state index contributed by atoms with van der Waals surface area (Å²) in [7, 11) is 0. The van der Waals surface area contributed by atoms with Crippen molar-refractivity contribution < 1.29 is 4.79 Å². The molecule has 4 nitrogen and oxygen atoms in total. The van der Waals surface area contributed by atoms with Crippen LogP contribution in [0.4, 0.5) is 5.69 Å². The summed E-state index contributed by atoms with van der Waals surface area (Å²) in [4.78, 5) is 20.0. The maximum atomic E-state index is 12.3. The molecule has 1 atom stereocenters. The van der Waals surface area contributed by atoms with Crippen molar-refractivity contribution in [1.29, 1.82) is 0 Å². The summed E-state index contributed by atoms with van der Waals surface area (Å²) in [5.41, 5.74) is 2.37. The van der Waals surface area contributed by atoms with Crippen molar-refractivity contribution in [2.45, 2.75) is 17.3 Å². The molecular formula is C16H13Cl2N3OS. The molecule has 1 unspecified atom stereocenters. The van der Waals surface area contributed by atoms with E-state index >= 15 is 0 Å². The molecule has 3 rings (SSSR count). The van der Waals surface area contributed by atoms with E-state index in [4.69, 9.17) is 23.2 Å². The summed E-state index contributed by atoms with van der Waals surface area (Å²) in [5, 5.41) is 4.11. The minimum Gasteiger partial charge on any atom is -0.333 e. The molecular weight excluding hydrogens is 353 g/mol.